The molecule has 2 N–H and O–H groups in total. The van der Waals surface area contributed by atoms with Crippen molar-refractivity contribution in [2.75, 3.05) is 18.5 Å². The summed E-state index contributed by atoms with van der Waals surface area (Å²) in [7, 11) is 0. The molecule has 0 radical (unpaired) electrons. The van der Waals surface area contributed by atoms with Crippen LogP contribution in [0, 0.1) is 0 Å². The first-order valence-corrected chi connectivity index (χ1v) is 7.90. The van der Waals surface area contributed by atoms with E-state index in [9.17, 15) is 14.7 Å². The van der Waals surface area contributed by atoms with Crippen molar-refractivity contribution >= 4 is 29.1 Å². The van der Waals surface area contributed by atoms with Crippen molar-refractivity contribution in [1.82, 2.24) is 4.90 Å². The van der Waals surface area contributed by atoms with Crippen molar-refractivity contribution < 1.29 is 14.7 Å². The molecule has 0 bridgehead atoms. The average molecular weight is 347 g/mol. The van der Waals surface area contributed by atoms with E-state index in [0.717, 1.165) is 5.56 Å². The maximum atomic E-state index is 12.8. The Morgan fingerprint density at radius 1 is 1.17 bits per heavy atom. The smallest absolute Gasteiger partial charge is 0.255 e. The first-order valence-electron chi connectivity index (χ1n) is 7.52. The Morgan fingerprint density at radius 3 is 2.50 bits per heavy atom. The first-order chi connectivity index (χ1) is 11.5. The molecule has 0 saturated heterocycles. The fraction of sp³-hybridized carbons (Fsp3) is 0.222. The summed E-state index contributed by atoms with van der Waals surface area (Å²) in [5.74, 6) is -0.530. The molecule has 0 heterocycles. The summed E-state index contributed by atoms with van der Waals surface area (Å²) in [5.41, 5.74) is 1.74. The van der Waals surface area contributed by atoms with Crippen molar-refractivity contribution in [2.24, 2.45) is 0 Å². The van der Waals surface area contributed by atoms with Gasteiger partial charge in [-0.25, -0.2) is 0 Å². The van der Waals surface area contributed by atoms with Crippen LogP contribution in [0.5, 0.6) is 0 Å². The van der Waals surface area contributed by atoms with Crippen LogP contribution in [0.1, 0.15) is 22.8 Å². The van der Waals surface area contributed by atoms with Gasteiger partial charge in [0.25, 0.3) is 5.91 Å². The lowest BCUT2D eigenvalue weighted by Crippen LogP contribution is -2.33. The molecule has 5 nitrogen and oxygen atoms in total. The summed E-state index contributed by atoms with van der Waals surface area (Å²) in [4.78, 5) is 25.5. The monoisotopic (exact) mass is 346 g/mol. The number of hydrogen-bond acceptors (Lipinski definition) is 3. The van der Waals surface area contributed by atoms with Gasteiger partial charge in [-0.15, -0.1) is 0 Å². The average Bonchev–Trinajstić information content (AvgIpc) is 2.56. The molecule has 0 fully saturated rings. The van der Waals surface area contributed by atoms with E-state index in [1.165, 1.54) is 11.8 Å². The van der Waals surface area contributed by atoms with Crippen LogP contribution in [0.4, 0.5) is 5.69 Å². The van der Waals surface area contributed by atoms with Gasteiger partial charge in [0.2, 0.25) is 5.91 Å². The fourth-order valence-electron chi connectivity index (χ4n) is 2.32. The molecule has 0 unspecified atom stereocenters. The first kappa shape index (κ1) is 18.0. The number of rotatable bonds is 6. The molecular formula is C18H19ClN2O3. The van der Waals surface area contributed by atoms with Crippen LogP contribution in [0.15, 0.2) is 48.5 Å². The van der Waals surface area contributed by atoms with E-state index in [2.05, 4.69) is 5.32 Å². The fourth-order valence-corrected chi connectivity index (χ4v) is 2.52. The lowest BCUT2D eigenvalue weighted by atomic mass is 10.1. The highest BCUT2D eigenvalue weighted by atomic mass is 35.5. The number of aliphatic hydroxyl groups excluding tert-OH is 1. The van der Waals surface area contributed by atoms with Crippen LogP contribution >= 0.6 is 11.6 Å². The van der Waals surface area contributed by atoms with E-state index in [1.807, 2.05) is 30.3 Å². The van der Waals surface area contributed by atoms with Gasteiger partial charge in [0.05, 0.1) is 17.2 Å². The molecule has 0 aliphatic rings. The standard InChI is InChI=1S/C18H19ClN2O3/c1-13(23)20-15-7-8-17(19)16(11-15)18(24)21(9-10-22)12-14-5-3-2-4-6-14/h2-8,11,22H,9-10,12H2,1H3,(H,20,23). The van der Waals surface area contributed by atoms with E-state index in [-0.39, 0.29) is 30.5 Å². The molecule has 0 saturated carbocycles. The Balaban J connectivity index is 2.27. The number of nitrogens with one attached hydrogen (secondary N) is 1. The predicted octanol–water partition coefficient (Wildman–Crippen LogP) is 2.93. The number of anilines is 1. The molecule has 24 heavy (non-hydrogen) atoms. The highest BCUT2D eigenvalue weighted by molar-refractivity contribution is 6.34. The zero-order chi connectivity index (χ0) is 17.5. The van der Waals surface area contributed by atoms with Crippen LogP contribution in [0.3, 0.4) is 0 Å². The van der Waals surface area contributed by atoms with Crippen LogP contribution in [-0.4, -0.2) is 35.0 Å². The molecule has 6 heteroatoms. The number of carbonyl (C=O) groups excluding carboxylic acids is 2. The Hall–Kier alpha value is -2.37. The summed E-state index contributed by atoms with van der Waals surface area (Å²) in [6.07, 6.45) is 0. The second kappa shape index (κ2) is 8.47. The summed E-state index contributed by atoms with van der Waals surface area (Å²) in [6, 6.07) is 14.2. The van der Waals surface area contributed by atoms with E-state index < -0.39 is 0 Å². The summed E-state index contributed by atoms with van der Waals surface area (Å²) < 4.78 is 0. The van der Waals surface area contributed by atoms with Crippen molar-refractivity contribution in [3.05, 3.63) is 64.7 Å². The minimum Gasteiger partial charge on any atom is -0.395 e. The van der Waals surface area contributed by atoms with E-state index in [4.69, 9.17) is 11.6 Å². The second-order valence-corrected chi connectivity index (χ2v) is 5.72. The minimum absolute atomic E-state index is 0.151. The largest absolute Gasteiger partial charge is 0.395 e. The third kappa shape index (κ3) is 4.81. The molecule has 0 aromatic heterocycles. The number of aliphatic hydroxyl groups is 1. The Bertz CT molecular complexity index is 719. The van der Waals surface area contributed by atoms with Crippen LogP contribution in [0.25, 0.3) is 0 Å². The van der Waals surface area contributed by atoms with Crippen molar-refractivity contribution in [1.29, 1.82) is 0 Å². The molecule has 0 atom stereocenters. The molecule has 2 aromatic rings. The van der Waals surface area contributed by atoms with E-state index in [1.54, 1.807) is 18.2 Å². The van der Waals surface area contributed by atoms with Gasteiger partial charge in [-0.3, -0.25) is 9.59 Å². The van der Waals surface area contributed by atoms with Gasteiger partial charge in [-0.1, -0.05) is 41.9 Å². The Labute approximate surface area is 145 Å². The summed E-state index contributed by atoms with van der Waals surface area (Å²) in [6.45, 7) is 1.79. The van der Waals surface area contributed by atoms with E-state index in [0.29, 0.717) is 17.3 Å². The molecule has 2 rings (SSSR count). The van der Waals surface area contributed by atoms with Crippen molar-refractivity contribution in [3.8, 4) is 0 Å². The molecule has 2 aromatic carbocycles. The topological polar surface area (TPSA) is 69.6 Å². The maximum absolute atomic E-state index is 12.8. The van der Waals surface area contributed by atoms with Gasteiger partial charge in [-0.05, 0) is 23.8 Å². The van der Waals surface area contributed by atoms with Gasteiger partial charge in [-0.2, -0.15) is 0 Å². The third-order valence-electron chi connectivity index (χ3n) is 3.39. The molecule has 2 amide bonds. The van der Waals surface area contributed by atoms with Crippen molar-refractivity contribution in [3.63, 3.8) is 0 Å². The molecule has 126 valence electrons. The number of nitrogens with zero attached hydrogens (tertiary/aromatic N) is 1. The number of hydrogen-bond donors (Lipinski definition) is 2. The normalized spacial score (nSPS) is 10.3. The summed E-state index contributed by atoms with van der Waals surface area (Å²) >= 11 is 6.15. The predicted molar refractivity (Wildman–Crippen MR) is 94.0 cm³/mol. The van der Waals surface area contributed by atoms with Gasteiger partial charge in [0.1, 0.15) is 0 Å². The number of halogens is 1. The van der Waals surface area contributed by atoms with Gasteiger partial charge in [0.15, 0.2) is 0 Å². The molecular weight excluding hydrogens is 328 g/mol. The van der Waals surface area contributed by atoms with Crippen LogP contribution in [-0.2, 0) is 11.3 Å². The van der Waals surface area contributed by atoms with Gasteiger partial charge >= 0.3 is 0 Å². The van der Waals surface area contributed by atoms with Crippen LogP contribution < -0.4 is 5.32 Å². The second-order valence-electron chi connectivity index (χ2n) is 5.31. The third-order valence-corrected chi connectivity index (χ3v) is 3.72. The number of carbonyl (C=O) groups is 2. The lowest BCUT2D eigenvalue weighted by Gasteiger charge is -2.23. The molecule has 0 aliphatic carbocycles. The molecule has 0 spiro atoms. The number of benzene rings is 2. The van der Waals surface area contributed by atoms with Crippen LogP contribution in [0.2, 0.25) is 5.02 Å². The summed E-state index contributed by atoms with van der Waals surface area (Å²) in [5, 5.41) is 12.2. The van der Waals surface area contributed by atoms with Crippen molar-refractivity contribution in [2.45, 2.75) is 13.5 Å². The van der Waals surface area contributed by atoms with E-state index >= 15 is 0 Å². The van der Waals surface area contributed by atoms with Gasteiger partial charge < -0.3 is 15.3 Å². The minimum atomic E-state index is -0.301. The zero-order valence-corrected chi connectivity index (χ0v) is 14.1. The highest BCUT2D eigenvalue weighted by Gasteiger charge is 2.19. The number of amides is 2. The highest BCUT2D eigenvalue weighted by Crippen LogP contribution is 2.23. The zero-order valence-electron chi connectivity index (χ0n) is 13.3. The lowest BCUT2D eigenvalue weighted by molar-refractivity contribution is -0.114. The molecule has 0 aliphatic heterocycles. The van der Waals surface area contributed by atoms with Gasteiger partial charge in [0, 0.05) is 25.7 Å². The Morgan fingerprint density at radius 2 is 1.88 bits per heavy atom. The maximum Gasteiger partial charge on any atom is 0.255 e. The quantitative estimate of drug-likeness (QED) is 0.845. The Kier molecular flexibility index (Phi) is 6.35. The SMILES string of the molecule is CC(=O)Nc1ccc(Cl)c(C(=O)N(CCO)Cc2ccccc2)c1.